The number of benzene rings is 1. The number of halogens is 3. The number of hydrogen-bond acceptors (Lipinski definition) is 2. The highest BCUT2D eigenvalue weighted by Crippen LogP contribution is 2.22. The summed E-state index contributed by atoms with van der Waals surface area (Å²) < 4.78 is 45.4. The van der Waals surface area contributed by atoms with Gasteiger partial charge in [0.05, 0.1) is 18.8 Å². The minimum atomic E-state index is -1.44. The maximum absolute atomic E-state index is 13.8. The summed E-state index contributed by atoms with van der Waals surface area (Å²) in [6, 6.07) is 1.70. The number of hydrogen-bond donors (Lipinski definition) is 1. The quantitative estimate of drug-likeness (QED) is 0.768. The summed E-state index contributed by atoms with van der Waals surface area (Å²) in [6.07, 6.45) is 0.836. The fourth-order valence-corrected chi connectivity index (χ4v) is 1.68. The van der Waals surface area contributed by atoms with Crippen LogP contribution in [0.1, 0.15) is 38.8 Å². The highest BCUT2D eigenvalue weighted by Gasteiger charge is 2.20. The van der Waals surface area contributed by atoms with Crippen LogP contribution in [0.2, 0.25) is 0 Å². The molecule has 0 aliphatic rings. The van der Waals surface area contributed by atoms with Gasteiger partial charge < -0.3 is 10.1 Å². The molecule has 108 valence electrons. The molecular weight excluding hydrogens is 255 g/mol. The van der Waals surface area contributed by atoms with Crippen molar-refractivity contribution in [1.82, 2.24) is 5.32 Å². The first-order chi connectivity index (χ1) is 8.97. The third-order valence-corrected chi connectivity index (χ3v) is 2.68. The van der Waals surface area contributed by atoms with Crippen LogP contribution in [-0.4, -0.2) is 19.3 Å². The van der Waals surface area contributed by atoms with Gasteiger partial charge in [0.15, 0.2) is 17.5 Å². The molecule has 0 saturated carbocycles. The van der Waals surface area contributed by atoms with Gasteiger partial charge in [-0.15, -0.1) is 0 Å². The molecule has 1 aromatic rings. The molecule has 0 spiro atoms. The van der Waals surface area contributed by atoms with Gasteiger partial charge in [0.2, 0.25) is 0 Å². The normalized spacial score (nSPS) is 13.0. The summed E-state index contributed by atoms with van der Waals surface area (Å²) in [7, 11) is 0. The summed E-state index contributed by atoms with van der Waals surface area (Å²) in [4.78, 5) is 0. The second-order valence-electron chi connectivity index (χ2n) is 4.65. The average Bonchev–Trinajstić information content (AvgIpc) is 2.37. The van der Waals surface area contributed by atoms with E-state index >= 15 is 0 Å². The van der Waals surface area contributed by atoms with E-state index in [1.165, 1.54) is 6.07 Å². The highest BCUT2D eigenvalue weighted by molar-refractivity contribution is 5.23. The van der Waals surface area contributed by atoms with Crippen molar-refractivity contribution >= 4 is 0 Å². The lowest BCUT2D eigenvalue weighted by Gasteiger charge is -2.21. The Morgan fingerprint density at radius 2 is 1.84 bits per heavy atom. The highest BCUT2D eigenvalue weighted by atomic mass is 19.2. The Labute approximate surface area is 112 Å². The first kappa shape index (κ1) is 16.0. The number of rotatable bonds is 7. The van der Waals surface area contributed by atoms with Gasteiger partial charge in [-0.05, 0) is 32.9 Å². The van der Waals surface area contributed by atoms with Crippen molar-refractivity contribution in [1.29, 1.82) is 0 Å². The molecule has 0 radical (unpaired) electrons. The zero-order chi connectivity index (χ0) is 14.4. The third kappa shape index (κ3) is 4.51. The van der Waals surface area contributed by atoms with Crippen molar-refractivity contribution in [2.45, 2.75) is 39.3 Å². The summed E-state index contributed by atoms with van der Waals surface area (Å²) >= 11 is 0. The van der Waals surface area contributed by atoms with Gasteiger partial charge in [0, 0.05) is 5.56 Å². The van der Waals surface area contributed by atoms with Crippen molar-refractivity contribution in [3.05, 3.63) is 35.1 Å². The lowest BCUT2D eigenvalue weighted by atomic mass is 10.1. The van der Waals surface area contributed by atoms with E-state index < -0.39 is 23.5 Å². The van der Waals surface area contributed by atoms with Gasteiger partial charge in [-0.25, -0.2) is 13.2 Å². The molecule has 0 amide bonds. The minimum Gasteiger partial charge on any atom is -0.377 e. The molecule has 0 aromatic heterocycles. The minimum absolute atomic E-state index is 0.0146. The molecule has 0 aliphatic heterocycles. The van der Waals surface area contributed by atoms with Gasteiger partial charge in [-0.1, -0.05) is 13.0 Å². The number of nitrogens with one attached hydrogen (secondary N) is 1. The van der Waals surface area contributed by atoms with Gasteiger partial charge in [-0.2, -0.15) is 0 Å². The maximum Gasteiger partial charge on any atom is 0.194 e. The van der Waals surface area contributed by atoms with Gasteiger partial charge in [0.1, 0.15) is 0 Å². The van der Waals surface area contributed by atoms with Crippen LogP contribution in [0, 0.1) is 17.5 Å². The van der Waals surface area contributed by atoms with E-state index in [-0.39, 0.29) is 18.3 Å². The molecule has 19 heavy (non-hydrogen) atoms. The van der Waals surface area contributed by atoms with Gasteiger partial charge in [-0.3, -0.25) is 0 Å². The fourth-order valence-electron chi connectivity index (χ4n) is 1.68. The molecule has 1 atom stereocenters. The van der Waals surface area contributed by atoms with Crippen molar-refractivity contribution in [3.8, 4) is 0 Å². The summed E-state index contributed by atoms with van der Waals surface area (Å²) in [5.41, 5.74) is 0.0907. The Kier molecular flexibility index (Phi) is 6.31. The smallest absolute Gasteiger partial charge is 0.194 e. The summed E-state index contributed by atoms with van der Waals surface area (Å²) in [5, 5.41) is 3.07. The summed E-state index contributed by atoms with van der Waals surface area (Å²) in [6.45, 7) is 6.54. The van der Waals surface area contributed by atoms with Crippen LogP contribution in [0.3, 0.4) is 0 Å². The van der Waals surface area contributed by atoms with E-state index in [4.69, 9.17) is 4.74 Å². The monoisotopic (exact) mass is 275 g/mol. The number of ether oxygens (including phenoxy) is 1. The van der Waals surface area contributed by atoms with Crippen LogP contribution < -0.4 is 5.32 Å². The van der Waals surface area contributed by atoms with Gasteiger partial charge in [0.25, 0.3) is 0 Å². The third-order valence-electron chi connectivity index (χ3n) is 2.68. The van der Waals surface area contributed by atoms with Crippen LogP contribution in [0.5, 0.6) is 0 Å². The van der Waals surface area contributed by atoms with Crippen LogP contribution in [0.4, 0.5) is 13.2 Å². The average molecular weight is 275 g/mol. The standard InChI is InChI=1S/C14H20F3NO/c1-4-7-18-12(8-19-9(2)3)10-5-6-11(15)14(17)13(10)16/h5-6,9,12,18H,4,7-8H2,1-3H3. The molecule has 0 saturated heterocycles. The molecule has 1 rings (SSSR count). The second-order valence-corrected chi connectivity index (χ2v) is 4.65. The largest absolute Gasteiger partial charge is 0.377 e. The second kappa shape index (κ2) is 7.50. The lowest BCUT2D eigenvalue weighted by molar-refractivity contribution is 0.0602. The topological polar surface area (TPSA) is 21.3 Å². The molecule has 2 nitrogen and oxygen atoms in total. The molecule has 0 bridgehead atoms. The Hall–Kier alpha value is -1.07. The molecule has 1 unspecified atom stereocenters. The van der Waals surface area contributed by atoms with Crippen LogP contribution in [0.15, 0.2) is 12.1 Å². The van der Waals surface area contributed by atoms with Crippen LogP contribution >= 0.6 is 0 Å². The zero-order valence-electron chi connectivity index (χ0n) is 11.5. The molecular formula is C14H20F3NO. The van der Waals surface area contributed by atoms with Crippen molar-refractivity contribution in [2.24, 2.45) is 0 Å². The molecule has 1 aromatic carbocycles. The SMILES string of the molecule is CCCNC(COC(C)C)c1ccc(F)c(F)c1F. The lowest BCUT2D eigenvalue weighted by Crippen LogP contribution is -2.28. The van der Waals surface area contributed by atoms with Crippen molar-refractivity contribution < 1.29 is 17.9 Å². The predicted molar refractivity (Wildman–Crippen MR) is 68.4 cm³/mol. The molecule has 5 heteroatoms. The Morgan fingerprint density at radius 3 is 2.42 bits per heavy atom. The van der Waals surface area contributed by atoms with E-state index in [2.05, 4.69) is 5.32 Å². The molecule has 0 fully saturated rings. The maximum atomic E-state index is 13.8. The van der Waals surface area contributed by atoms with Crippen molar-refractivity contribution in [2.75, 3.05) is 13.2 Å². The molecule has 0 aliphatic carbocycles. The predicted octanol–water partition coefficient (Wildman–Crippen LogP) is 3.57. The first-order valence-corrected chi connectivity index (χ1v) is 6.45. The van der Waals surface area contributed by atoms with Gasteiger partial charge >= 0.3 is 0 Å². The van der Waals surface area contributed by atoms with Crippen LogP contribution in [0.25, 0.3) is 0 Å². The Morgan fingerprint density at radius 1 is 1.16 bits per heavy atom. The van der Waals surface area contributed by atoms with E-state index in [0.29, 0.717) is 6.54 Å². The Balaban J connectivity index is 2.92. The fraction of sp³-hybridized carbons (Fsp3) is 0.571. The van der Waals surface area contributed by atoms with E-state index in [0.717, 1.165) is 12.5 Å². The zero-order valence-corrected chi connectivity index (χ0v) is 11.5. The van der Waals surface area contributed by atoms with Crippen molar-refractivity contribution in [3.63, 3.8) is 0 Å². The van der Waals surface area contributed by atoms with E-state index in [1.807, 2.05) is 20.8 Å². The Bertz CT molecular complexity index is 410. The molecule has 0 heterocycles. The van der Waals surface area contributed by atoms with E-state index in [9.17, 15) is 13.2 Å². The summed E-state index contributed by atoms with van der Waals surface area (Å²) in [5.74, 6) is -3.77. The molecule has 1 N–H and O–H groups in total. The van der Waals surface area contributed by atoms with E-state index in [1.54, 1.807) is 0 Å². The first-order valence-electron chi connectivity index (χ1n) is 6.45. The van der Waals surface area contributed by atoms with Crippen LogP contribution in [-0.2, 0) is 4.74 Å².